The summed E-state index contributed by atoms with van der Waals surface area (Å²) in [6.07, 6.45) is 0.250. The van der Waals surface area contributed by atoms with Crippen molar-refractivity contribution in [1.82, 2.24) is 14.8 Å². The lowest BCUT2D eigenvalue weighted by molar-refractivity contribution is 0.101. The number of pyridine rings is 1. The fourth-order valence-electron chi connectivity index (χ4n) is 3.64. The summed E-state index contributed by atoms with van der Waals surface area (Å²) >= 11 is 16.0. The van der Waals surface area contributed by atoms with Gasteiger partial charge < -0.3 is 15.2 Å². The number of aromatic nitrogens is 3. The van der Waals surface area contributed by atoms with Gasteiger partial charge in [0.25, 0.3) is 5.91 Å². The lowest BCUT2D eigenvalue weighted by Crippen LogP contribution is -2.26. The normalized spacial score (nSPS) is 10.7. The van der Waals surface area contributed by atoms with Crippen molar-refractivity contribution >= 4 is 68.2 Å². The molecule has 4 rings (SSSR count). The molecule has 2 aromatic carbocycles. The van der Waals surface area contributed by atoms with Gasteiger partial charge in [-0.2, -0.15) is 5.10 Å². The SMILES string of the molecule is COc1c(Cl)cc(N(C(=O)O)c2ccccc2)c(NC(=O)c2cc(Br)nn2-c2ncccc2Cl)c1C. The van der Waals surface area contributed by atoms with Crippen LogP contribution >= 0.6 is 39.1 Å². The number of rotatable bonds is 6. The van der Waals surface area contributed by atoms with Gasteiger partial charge in [0.15, 0.2) is 5.82 Å². The number of carbonyl (C=O) groups excluding carboxylic acids is 1. The smallest absolute Gasteiger partial charge is 0.416 e. The van der Waals surface area contributed by atoms with Gasteiger partial charge in [-0.1, -0.05) is 41.4 Å². The Kier molecular flexibility index (Phi) is 7.48. The summed E-state index contributed by atoms with van der Waals surface area (Å²) in [5.41, 5.74) is 1.20. The number of carboxylic acid groups (broad SMARTS) is 1. The molecule has 2 N–H and O–H groups in total. The number of ether oxygens (including phenoxy) is 1. The Labute approximate surface area is 224 Å². The molecule has 0 aliphatic heterocycles. The van der Waals surface area contributed by atoms with Gasteiger partial charge in [0.05, 0.1) is 34.2 Å². The zero-order valence-electron chi connectivity index (χ0n) is 18.9. The van der Waals surface area contributed by atoms with Gasteiger partial charge in [0.1, 0.15) is 16.0 Å². The molecule has 12 heteroatoms. The van der Waals surface area contributed by atoms with Crippen molar-refractivity contribution < 1.29 is 19.4 Å². The van der Waals surface area contributed by atoms with Gasteiger partial charge >= 0.3 is 6.09 Å². The van der Waals surface area contributed by atoms with E-state index in [1.54, 1.807) is 49.4 Å². The monoisotopic (exact) mass is 589 g/mol. The Morgan fingerprint density at radius 1 is 1.11 bits per heavy atom. The molecule has 2 heterocycles. The van der Waals surface area contributed by atoms with Crippen molar-refractivity contribution in [1.29, 1.82) is 0 Å². The number of hydrogen-bond acceptors (Lipinski definition) is 5. The number of anilines is 3. The van der Waals surface area contributed by atoms with Crippen LogP contribution in [0, 0.1) is 6.92 Å². The molecule has 0 saturated heterocycles. The third kappa shape index (κ3) is 4.88. The molecule has 0 aliphatic rings. The molecule has 36 heavy (non-hydrogen) atoms. The van der Waals surface area contributed by atoms with Gasteiger partial charge in [-0.15, -0.1) is 0 Å². The molecule has 0 spiro atoms. The number of hydrogen-bond donors (Lipinski definition) is 2. The summed E-state index contributed by atoms with van der Waals surface area (Å²) in [5.74, 6) is -0.0595. The molecular formula is C24H18BrCl2N5O4. The number of amides is 2. The van der Waals surface area contributed by atoms with Crippen LogP contribution in [0.25, 0.3) is 5.82 Å². The number of halogens is 3. The van der Waals surface area contributed by atoms with E-state index in [-0.39, 0.29) is 38.7 Å². The summed E-state index contributed by atoms with van der Waals surface area (Å²) in [4.78, 5) is 31.2. The average molecular weight is 591 g/mol. The average Bonchev–Trinajstić information content (AvgIpc) is 3.24. The van der Waals surface area contributed by atoms with E-state index in [4.69, 9.17) is 27.9 Å². The summed E-state index contributed by atoms with van der Waals surface area (Å²) in [7, 11) is 1.43. The largest absolute Gasteiger partial charge is 0.495 e. The van der Waals surface area contributed by atoms with Crippen LogP contribution in [-0.4, -0.2) is 39.0 Å². The molecule has 9 nitrogen and oxygen atoms in total. The first-order valence-electron chi connectivity index (χ1n) is 10.4. The predicted octanol–water partition coefficient (Wildman–Crippen LogP) is 6.72. The second-order valence-corrected chi connectivity index (χ2v) is 9.02. The van der Waals surface area contributed by atoms with Gasteiger partial charge in [-0.05, 0) is 53.2 Å². The molecule has 0 radical (unpaired) electrons. The highest BCUT2D eigenvalue weighted by atomic mass is 79.9. The molecule has 0 bridgehead atoms. The minimum atomic E-state index is -1.27. The van der Waals surface area contributed by atoms with Crippen LogP contribution in [0.15, 0.2) is 65.4 Å². The van der Waals surface area contributed by atoms with Gasteiger partial charge in [-0.3, -0.25) is 4.79 Å². The fraction of sp³-hybridized carbons (Fsp3) is 0.0833. The van der Waals surface area contributed by atoms with Crippen molar-refractivity contribution in [3.63, 3.8) is 0 Å². The summed E-state index contributed by atoms with van der Waals surface area (Å²) in [6.45, 7) is 1.66. The Bertz CT molecular complexity index is 1460. The Morgan fingerprint density at radius 3 is 2.47 bits per heavy atom. The van der Waals surface area contributed by atoms with E-state index >= 15 is 0 Å². The first-order valence-corrected chi connectivity index (χ1v) is 11.9. The van der Waals surface area contributed by atoms with Crippen LogP contribution in [0.1, 0.15) is 16.1 Å². The molecule has 0 saturated carbocycles. The third-order valence-corrected chi connectivity index (χ3v) is 6.16. The first kappa shape index (κ1) is 25.5. The predicted molar refractivity (Wildman–Crippen MR) is 141 cm³/mol. The maximum absolute atomic E-state index is 13.5. The first-order chi connectivity index (χ1) is 17.2. The molecule has 0 aliphatic carbocycles. The molecule has 0 atom stereocenters. The van der Waals surface area contributed by atoms with E-state index < -0.39 is 12.0 Å². The van der Waals surface area contributed by atoms with Crippen molar-refractivity contribution in [2.75, 3.05) is 17.3 Å². The zero-order chi connectivity index (χ0) is 26.0. The molecule has 184 valence electrons. The van der Waals surface area contributed by atoms with E-state index in [1.165, 1.54) is 30.1 Å². The highest BCUT2D eigenvalue weighted by molar-refractivity contribution is 9.10. The quantitative estimate of drug-likeness (QED) is 0.258. The maximum atomic E-state index is 13.5. The second kappa shape index (κ2) is 10.6. The van der Waals surface area contributed by atoms with Crippen LogP contribution < -0.4 is 15.0 Å². The molecule has 2 amide bonds. The van der Waals surface area contributed by atoms with Gasteiger partial charge in [0.2, 0.25) is 0 Å². The van der Waals surface area contributed by atoms with Crippen molar-refractivity contribution in [3.8, 4) is 11.6 Å². The molecule has 0 fully saturated rings. The second-order valence-electron chi connectivity index (χ2n) is 7.39. The highest BCUT2D eigenvalue weighted by Gasteiger charge is 2.27. The van der Waals surface area contributed by atoms with Crippen LogP contribution in [0.4, 0.5) is 21.9 Å². The Morgan fingerprint density at radius 2 is 1.83 bits per heavy atom. The molecule has 2 aromatic heterocycles. The van der Waals surface area contributed by atoms with Gasteiger partial charge in [-0.25, -0.2) is 19.4 Å². The van der Waals surface area contributed by atoms with Crippen molar-refractivity contribution in [2.45, 2.75) is 6.92 Å². The summed E-state index contributed by atoms with van der Waals surface area (Å²) in [5, 5.41) is 17.6. The molecular weight excluding hydrogens is 573 g/mol. The number of carbonyl (C=O) groups is 2. The Hall–Kier alpha value is -3.60. The van der Waals surface area contributed by atoms with Crippen LogP contribution in [-0.2, 0) is 0 Å². The minimum Gasteiger partial charge on any atom is -0.495 e. The van der Waals surface area contributed by atoms with Crippen LogP contribution in [0.3, 0.4) is 0 Å². The van der Waals surface area contributed by atoms with Crippen LogP contribution in [0.5, 0.6) is 5.75 Å². The lowest BCUT2D eigenvalue weighted by atomic mass is 10.1. The number of methoxy groups -OCH3 is 1. The van der Waals surface area contributed by atoms with E-state index in [1.807, 2.05) is 0 Å². The minimum absolute atomic E-state index is 0.100. The van der Waals surface area contributed by atoms with Crippen molar-refractivity contribution in [2.24, 2.45) is 0 Å². The van der Waals surface area contributed by atoms with Crippen LogP contribution in [0.2, 0.25) is 10.0 Å². The zero-order valence-corrected chi connectivity index (χ0v) is 22.0. The van der Waals surface area contributed by atoms with E-state index in [9.17, 15) is 14.7 Å². The molecule has 4 aromatic rings. The lowest BCUT2D eigenvalue weighted by Gasteiger charge is -2.25. The number of nitrogens with one attached hydrogen (secondary N) is 1. The number of para-hydroxylation sites is 1. The summed E-state index contributed by atoms with van der Waals surface area (Å²) < 4.78 is 7.08. The fourth-order valence-corrected chi connectivity index (χ4v) is 4.54. The van der Waals surface area contributed by atoms with E-state index in [2.05, 4.69) is 31.3 Å². The Balaban J connectivity index is 1.86. The standard InChI is InChI=1S/C24H18BrCl2N5O4/c1-13-20(29-23(33)18-12-19(25)30-32(18)22-15(26)9-6-10-28-22)17(11-16(27)21(13)36-2)31(24(34)35)14-7-4-3-5-8-14/h3-12H,1-2H3,(H,29,33)(H,34,35). The topological polar surface area (TPSA) is 110 Å². The third-order valence-electron chi connectivity index (χ3n) is 5.19. The van der Waals surface area contributed by atoms with E-state index in [0.717, 1.165) is 4.90 Å². The number of nitrogens with zero attached hydrogens (tertiary/aromatic N) is 4. The maximum Gasteiger partial charge on any atom is 0.416 e. The van der Waals surface area contributed by atoms with Gasteiger partial charge in [0, 0.05) is 17.8 Å². The highest BCUT2D eigenvalue weighted by Crippen LogP contribution is 2.43. The number of benzene rings is 2. The van der Waals surface area contributed by atoms with Crippen molar-refractivity contribution in [3.05, 3.63) is 86.7 Å². The summed E-state index contributed by atoms with van der Waals surface area (Å²) in [6, 6.07) is 14.6. The van der Waals surface area contributed by atoms with E-state index in [0.29, 0.717) is 15.9 Å². The molecule has 0 unspecified atom stereocenters.